The van der Waals surface area contributed by atoms with Gasteiger partial charge >= 0.3 is 5.97 Å². The molecule has 4 nitrogen and oxygen atoms in total. The summed E-state index contributed by atoms with van der Waals surface area (Å²) in [6, 6.07) is 11.7. The molecule has 35 heavy (non-hydrogen) atoms. The van der Waals surface area contributed by atoms with Crippen LogP contribution in [0.3, 0.4) is 0 Å². The van der Waals surface area contributed by atoms with E-state index in [0.717, 1.165) is 80.0 Å². The minimum atomic E-state index is -0.603. The molecule has 2 bridgehead atoms. The van der Waals surface area contributed by atoms with Gasteiger partial charge in [0.05, 0.1) is 17.0 Å². The van der Waals surface area contributed by atoms with E-state index >= 15 is 0 Å². The summed E-state index contributed by atoms with van der Waals surface area (Å²) in [5, 5.41) is 12.5. The summed E-state index contributed by atoms with van der Waals surface area (Å²) in [4.78, 5) is 14.2. The third kappa shape index (κ3) is 5.64. The lowest BCUT2D eigenvalue weighted by Crippen LogP contribution is -2.53. The van der Waals surface area contributed by atoms with Crippen LogP contribution in [0.25, 0.3) is 10.8 Å². The molecule has 3 fully saturated rings. The highest BCUT2D eigenvalue weighted by molar-refractivity contribution is 6.37. The fourth-order valence-corrected chi connectivity index (χ4v) is 7.20. The molecule has 2 atom stereocenters. The lowest BCUT2D eigenvalue weighted by atomic mass is 9.78. The molecule has 0 amide bonds. The normalized spacial score (nSPS) is 29.3. The Morgan fingerprint density at radius 1 is 1.06 bits per heavy atom. The van der Waals surface area contributed by atoms with Crippen LogP contribution >= 0.6 is 11.6 Å². The first-order valence-electron chi connectivity index (χ1n) is 13.9. The van der Waals surface area contributed by atoms with Crippen LogP contribution < -0.4 is 4.74 Å². The summed E-state index contributed by atoms with van der Waals surface area (Å²) < 4.78 is 6.33. The Morgan fingerprint density at radius 2 is 1.80 bits per heavy atom. The summed E-state index contributed by atoms with van der Waals surface area (Å²) >= 11 is 6.79. The molecule has 0 spiro atoms. The topological polar surface area (TPSA) is 49.8 Å². The molecule has 2 aliphatic heterocycles. The highest BCUT2D eigenvalue weighted by atomic mass is 35.5. The molecule has 0 radical (unpaired) electrons. The lowest BCUT2D eigenvalue weighted by Gasteiger charge is -2.48. The zero-order valence-corrected chi connectivity index (χ0v) is 21.8. The zero-order valence-electron chi connectivity index (χ0n) is 21.1. The van der Waals surface area contributed by atoms with Gasteiger partial charge in [0, 0.05) is 17.5 Å². The van der Waals surface area contributed by atoms with E-state index in [1.807, 2.05) is 6.07 Å². The number of piperidine rings is 2. The van der Waals surface area contributed by atoms with E-state index in [1.54, 1.807) is 0 Å². The zero-order chi connectivity index (χ0) is 24.4. The van der Waals surface area contributed by atoms with Gasteiger partial charge in [0.25, 0.3) is 0 Å². The quantitative estimate of drug-likeness (QED) is 0.410. The second-order valence-electron chi connectivity index (χ2n) is 11.2. The molecule has 1 N–H and O–H groups in total. The van der Waals surface area contributed by atoms with Crippen molar-refractivity contribution in [2.75, 3.05) is 6.54 Å². The van der Waals surface area contributed by atoms with Crippen LogP contribution in [0.5, 0.6) is 5.75 Å². The molecule has 5 rings (SSSR count). The fraction of sp³-hybridized carbons (Fsp3) is 0.633. The number of halogens is 1. The first kappa shape index (κ1) is 24.9. The second kappa shape index (κ2) is 11.1. The van der Waals surface area contributed by atoms with Crippen molar-refractivity contribution in [3.8, 4) is 5.75 Å². The van der Waals surface area contributed by atoms with Gasteiger partial charge in [-0.1, -0.05) is 55.6 Å². The van der Waals surface area contributed by atoms with Gasteiger partial charge in [-0.2, -0.15) is 0 Å². The summed E-state index contributed by atoms with van der Waals surface area (Å²) in [5.41, 5.74) is 1.34. The minimum Gasteiger partial charge on any atom is -0.489 e. The van der Waals surface area contributed by atoms with E-state index < -0.39 is 5.97 Å². The number of nitrogens with zero attached hydrogens (tertiary/aromatic N) is 1. The van der Waals surface area contributed by atoms with Crippen LogP contribution in [0, 0.1) is 11.8 Å². The van der Waals surface area contributed by atoms with Crippen LogP contribution in [0.15, 0.2) is 30.3 Å². The van der Waals surface area contributed by atoms with Gasteiger partial charge in [0.2, 0.25) is 0 Å². The standard InChI is InChI=1S/C30H40ClNO3/c1-2-20-8-12-26(13-9-20)35-28-15-11-22-17-21(10-14-27(22)29(28)31)5-4-16-32-24-6-3-7-25(32)19-23(18-24)30(33)34/h10-11,14-15,17,20,23-26H,2-9,12-13,16,18-19H2,1H3,(H,33,34). The average molecular weight is 498 g/mol. The number of carbonyl (C=O) groups is 1. The van der Waals surface area contributed by atoms with Gasteiger partial charge in [-0.05, 0) is 93.7 Å². The molecular formula is C30H40ClNO3. The van der Waals surface area contributed by atoms with Gasteiger partial charge in [0.1, 0.15) is 5.75 Å². The summed E-state index contributed by atoms with van der Waals surface area (Å²) in [6.45, 7) is 3.35. The van der Waals surface area contributed by atoms with E-state index in [0.29, 0.717) is 12.1 Å². The van der Waals surface area contributed by atoms with Gasteiger partial charge < -0.3 is 9.84 Å². The molecule has 0 aromatic heterocycles. The third-order valence-corrected chi connectivity index (χ3v) is 9.39. The maximum Gasteiger partial charge on any atom is 0.306 e. The van der Waals surface area contributed by atoms with Crippen LogP contribution in [0.2, 0.25) is 5.02 Å². The van der Waals surface area contributed by atoms with E-state index in [2.05, 4.69) is 36.1 Å². The van der Waals surface area contributed by atoms with Crippen molar-refractivity contribution >= 4 is 28.3 Å². The second-order valence-corrected chi connectivity index (χ2v) is 11.6. The first-order valence-corrected chi connectivity index (χ1v) is 14.3. The molecular weight excluding hydrogens is 458 g/mol. The molecule has 2 saturated heterocycles. The number of hydrogen-bond donors (Lipinski definition) is 1. The Kier molecular flexibility index (Phi) is 7.89. The summed E-state index contributed by atoms with van der Waals surface area (Å²) in [7, 11) is 0. The van der Waals surface area contributed by atoms with E-state index in [4.69, 9.17) is 16.3 Å². The predicted molar refractivity (Wildman–Crippen MR) is 142 cm³/mol. The molecule has 1 aliphatic carbocycles. The number of carboxylic acids is 1. The van der Waals surface area contributed by atoms with E-state index in [-0.39, 0.29) is 12.0 Å². The van der Waals surface area contributed by atoms with Crippen molar-refractivity contribution in [2.45, 2.75) is 102 Å². The maximum absolute atomic E-state index is 11.5. The highest BCUT2D eigenvalue weighted by Gasteiger charge is 2.40. The van der Waals surface area contributed by atoms with Gasteiger partial charge in [-0.15, -0.1) is 0 Å². The summed E-state index contributed by atoms with van der Waals surface area (Å²) in [5.74, 6) is 0.931. The minimum absolute atomic E-state index is 0.146. The molecule has 1 saturated carbocycles. The SMILES string of the molecule is CCC1CCC(Oc2ccc3cc(CCCN4C5CCCC4CC(C(=O)O)C5)ccc3c2Cl)CC1. The van der Waals surface area contributed by atoms with Crippen molar-refractivity contribution in [3.63, 3.8) is 0 Å². The van der Waals surface area contributed by atoms with E-state index in [9.17, 15) is 9.90 Å². The Labute approximate surface area is 215 Å². The summed E-state index contributed by atoms with van der Waals surface area (Å²) in [6.07, 6.45) is 13.7. The Bertz CT molecular complexity index is 1020. The van der Waals surface area contributed by atoms with Crippen LogP contribution in [0.4, 0.5) is 0 Å². The highest BCUT2D eigenvalue weighted by Crippen LogP contribution is 2.38. The first-order chi connectivity index (χ1) is 17.0. The van der Waals surface area contributed by atoms with Crippen molar-refractivity contribution in [3.05, 3.63) is 40.9 Å². The Balaban J connectivity index is 1.18. The number of ether oxygens (including phenoxy) is 1. The van der Waals surface area contributed by atoms with Crippen molar-refractivity contribution in [1.29, 1.82) is 0 Å². The van der Waals surface area contributed by atoms with Crippen LogP contribution in [0.1, 0.15) is 83.1 Å². The van der Waals surface area contributed by atoms with Crippen molar-refractivity contribution in [1.82, 2.24) is 4.90 Å². The fourth-order valence-electron chi connectivity index (χ4n) is 6.92. The Hall–Kier alpha value is -1.78. The predicted octanol–water partition coefficient (Wildman–Crippen LogP) is 7.49. The smallest absolute Gasteiger partial charge is 0.306 e. The molecule has 3 aliphatic rings. The van der Waals surface area contributed by atoms with Gasteiger partial charge in [-0.25, -0.2) is 0 Å². The molecule has 2 heterocycles. The molecule has 190 valence electrons. The van der Waals surface area contributed by atoms with Crippen molar-refractivity contribution in [2.24, 2.45) is 11.8 Å². The monoisotopic (exact) mass is 497 g/mol. The van der Waals surface area contributed by atoms with Gasteiger partial charge in [0.15, 0.2) is 0 Å². The molecule has 5 heteroatoms. The number of benzene rings is 2. The largest absolute Gasteiger partial charge is 0.489 e. The number of carboxylic acid groups (broad SMARTS) is 1. The van der Waals surface area contributed by atoms with Crippen molar-refractivity contribution < 1.29 is 14.6 Å². The van der Waals surface area contributed by atoms with E-state index in [1.165, 1.54) is 36.6 Å². The average Bonchev–Trinajstić information content (AvgIpc) is 2.86. The molecule has 2 unspecified atom stereocenters. The van der Waals surface area contributed by atoms with Crippen LogP contribution in [-0.4, -0.2) is 40.7 Å². The number of fused-ring (bicyclic) bond motifs is 3. The number of aryl methyl sites for hydroxylation is 1. The number of hydrogen-bond acceptors (Lipinski definition) is 3. The molecule has 2 aromatic carbocycles. The maximum atomic E-state index is 11.5. The van der Waals surface area contributed by atoms with Crippen LogP contribution in [-0.2, 0) is 11.2 Å². The van der Waals surface area contributed by atoms with Gasteiger partial charge in [-0.3, -0.25) is 9.69 Å². The third-order valence-electron chi connectivity index (χ3n) is 9.00. The lowest BCUT2D eigenvalue weighted by molar-refractivity contribution is -0.146. The molecule has 2 aromatic rings. The number of aliphatic carboxylic acids is 1. The number of rotatable bonds is 8. The Morgan fingerprint density at radius 3 is 2.49 bits per heavy atom.